The average molecular weight is 702 g/mol. The molecule has 1 aliphatic heterocycles. The number of para-hydroxylation sites is 1. The Morgan fingerprint density at radius 3 is 1.85 bits per heavy atom. The number of benzene rings is 8. The van der Waals surface area contributed by atoms with Crippen molar-refractivity contribution in [2.45, 2.75) is 11.7 Å². The van der Waals surface area contributed by atoms with Crippen molar-refractivity contribution >= 4 is 62.5 Å². The summed E-state index contributed by atoms with van der Waals surface area (Å²) in [6, 6.07) is 66.8. The van der Waals surface area contributed by atoms with Crippen molar-refractivity contribution in [2.24, 2.45) is 0 Å². The van der Waals surface area contributed by atoms with Crippen molar-refractivity contribution in [1.82, 2.24) is 0 Å². The summed E-state index contributed by atoms with van der Waals surface area (Å²) >= 11 is 0. The second kappa shape index (κ2) is 12.6. The van der Waals surface area contributed by atoms with E-state index in [2.05, 4.69) is 199 Å². The van der Waals surface area contributed by atoms with E-state index < -0.39 is 5.41 Å². The molecule has 2 nitrogen and oxygen atoms in total. The fraction of sp³-hybridized carbons (Fsp3) is 0.0385. The smallest absolute Gasteiger partial charge is 0.162 e. The molecule has 9 aromatic rings. The first-order chi connectivity index (χ1) is 27.3. The number of allylic oxidation sites excluding steroid dienone is 3. The Morgan fingerprint density at radius 1 is 0.509 bits per heavy atom. The summed E-state index contributed by atoms with van der Waals surface area (Å²) in [5, 5.41) is 4.55. The van der Waals surface area contributed by atoms with Gasteiger partial charge < -0.3 is 9.32 Å². The van der Waals surface area contributed by atoms with Gasteiger partial charge >= 0.3 is 0 Å². The van der Waals surface area contributed by atoms with Crippen molar-refractivity contribution in [1.29, 1.82) is 0 Å². The molecule has 2 aliphatic rings. The molecule has 0 spiro atoms. The lowest BCUT2D eigenvalue weighted by atomic mass is 9.62. The van der Waals surface area contributed by atoms with Crippen molar-refractivity contribution in [2.75, 3.05) is 4.90 Å². The Labute approximate surface area is 321 Å². The Morgan fingerprint density at radius 2 is 1.13 bits per heavy atom. The van der Waals surface area contributed by atoms with Crippen molar-refractivity contribution in [3.63, 3.8) is 0 Å². The van der Waals surface area contributed by atoms with Crippen LogP contribution in [-0.2, 0) is 5.41 Å². The summed E-state index contributed by atoms with van der Waals surface area (Å²) in [4.78, 5) is 2.39. The molecular formula is C52H36BNO. The maximum atomic E-state index is 6.44. The van der Waals surface area contributed by atoms with E-state index in [-0.39, 0.29) is 0 Å². The number of rotatable bonds is 6. The van der Waals surface area contributed by atoms with Crippen LogP contribution in [0.25, 0.3) is 49.3 Å². The van der Waals surface area contributed by atoms with Gasteiger partial charge in [-0.2, -0.15) is 0 Å². The first kappa shape index (κ1) is 31.7. The van der Waals surface area contributed by atoms with Gasteiger partial charge in [0.15, 0.2) is 7.28 Å². The number of fused-ring (bicyclic) bond motifs is 8. The largest absolute Gasteiger partial charge is 0.455 e. The standard InChI is InChI=1S/C52H36BNO/c1-2-12-37(13-3-1)52(47-17-7-4-14-43(47)44-15-5-8-18-48(44)52)38-24-28-40(29-25-38)54(39-26-21-35(22-27-39)49-19-10-11-33-53-49)41-30-32-42-36(34-41)23-31-46-45-16-6-9-20-50(45)55-51(42)46/h1-32,34,53H,33H2. The second-order valence-electron chi connectivity index (χ2n) is 14.7. The van der Waals surface area contributed by atoms with Crippen LogP contribution < -0.4 is 4.90 Å². The molecule has 0 bridgehead atoms. The molecule has 0 unspecified atom stereocenters. The zero-order valence-electron chi connectivity index (χ0n) is 30.3. The zero-order valence-corrected chi connectivity index (χ0v) is 30.3. The fourth-order valence-corrected chi connectivity index (χ4v) is 9.33. The van der Waals surface area contributed by atoms with Crippen molar-refractivity contribution in [3.05, 3.63) is 228 Å². The average Bonchev–Trinajstić information content (AvgIpc) is 3.79. The number of anilines is 3. The van der Waals surface area contributed by atoms with Gasteiger partial charge in [0.1, 0.15) is 11.2 Å². The summed E-state index contributed by atoms with van der Waals surface area (Å²) in [7, 11) is 1.07. The highest BCUT2D eigenvalue weighted by atomic mass is 16.3. The molecule has 0 atom stereocenters. The van der Waals surface area contributed by atoms with Crippen LogP contribution in [-0.4, -0.2) is 7.28 Å². The first-order valence-electron chi connectivity index (χ1n) is 19.2. The van der Waals surface area contributed by atoms with E-state index in [1.165, 1.54) is 44.4 Å². The molecule has 55 heavy (non-hydrogen) atoms. The normalized spacial score (nSPS) is 14.1. The van der Waals surface area contributed by atoms with Gasteiger partial charge in [-0.15, -0.1) is 0 Å². The first-order valence-corrected chi connectivity index (χ1v) is 19.2. The summed E-state index contributed by atoms with van der Waals surface area (Å²) in [6.07, 6.45) is 7.75. The van der Waals surface area contributed by atoms with E-state index >= 15 is 0 Å². The molecule has 2 heterocycles. The summed E-state index contributed by atoms with van der Waals surface area (Å²) in [5.74, 6) is 0. The molecule has 0 saturated carbocycles. The predicted octanol–water partition coefficient (Wildman–Crippen LogP) is 13.3. The molecule has 0 fully saturated rings. The Bertz CT molecular complexity index is 2930. The third kappa shape index (κ3) is 4.90. The summed E-state index contributed by atoms with van der Waals surface area (Å²) in [6.45, 7) is 0. The van der Waals surface area contributed by atoms with Crippen LogP contribution in [0.3, 0.4) is 0 Å². The van der Waals surface area contributed by atoms with Crippen LogP contribution in [0.5, 0.6) is 0 Å². The molecule has 3 heteroatoms. The monoisotopic (exact) mass is 701 g/mol. The van der Waals surface area contributed by atoms with Gasteiger partial charge in [-0.05, 0) is 98.9 Å². The van der Waals surface area contributed by atoms with E-state index in [1.54, 1.807) is 0 Å². The molecule has 1 aromatic heterocycles. The molecule has 8 aromatic carbocycles. The van der Waals surface area contributed by atoms with Crippen molar-refractivity contribution < 1.29 is 4.42 Å². The summed E-state index contributed by atoms with van der Waals surface area (Å²) < 4.78 is 6.44. The zero-order chi connectivity index (χ0) is 36.3. The van der Waals surface area contributed by atoms with Crippen LogP contribution in [0, 0.1) is 0 Å². The van der Waals surface area contributed by atoms with Gasteiger partial charge in [0.25, 0.3) is 0 Å². The highest BCUT2D eigenvalue weighted by Gasteiger charge is 2.45. The number of furan rings is 1. The van der Waals surface area contributed by atoms with Crippen LogP contribution in [0.15, 0.2) is 205 Å². The molecular weight excluding hydrogens is 665 g/mol. The number of hydrogen-bond donors (Lipinski definition) is 0. The molecule has 1 aliphatic carbocycles. The van der Waals surface area contributed by atoms with E-state index in [4.69, 9.17) is 4.42 Å². The maximum absolute atomic E-state index is 6.44. The Hall–Kier alpha value is -6.84. The Balaban J connectivity index is 1.08. The van der Waals surface area contributed by atoms with Crippen LogP contribution >= 0.6 is 0 Å². The number of nitrogens with zero attached hydrogens (tertiary/aromatic N) is 1. The van der Waals surface area contributed by atoms with Gasteiger partial charge in [-0.3, -0.25) is 0 Å². The lowest BCUT2D eigenvalue weighted by Gasteiger charge is -2.34. The van der Waals surface area contributed by atoms with Gasteiger partial charge in [-0.1, -0.05) is 157 Å². The number of hydrogen-bond acceptors (Lipinski definition) is 2. The topological polar surface area (TPSA) is 16.4 Å². The predicted molar refractivity (Wildman–Crippen MR) is 232 cm³/mol. The highest BCUT2D eigenvalue weighted by molar-refractivity contribution is 6.61. The van der Waals surface area contributed by atoms with E-state index in [9.17, 15) is 0 Å². The molecule has 0 radical (unpaired) electrons. The van der Waals surface area contributed by atoms with E-state index in [0.29, 0.717) is 0 Å². The van der Waals surface area contributed by atoms with Crippen LogP contribution in [0.1, 0.15) is 27.8 Å². The second-order valence-corrected chi connectivity index (χ2v) is 14.7. The van der Waals surface area contributed by atoms with Gasteiger partial charge in [0, 0.05) is 33.2 Å². The quantitative estimate of drug-likeness (QED) is 0.161. The highest BCUT2D eigenvalue weighted by Crippen LogP contribution is 2.56. The van der Waals surface area contributed by atoms with E-state index in [0.717, 1.165) is 63.4 Å². The third-order valence-corrected chi connectivity index (χ3v) is 11.8. The lowest BCUT2D eigenvalue weighted by molar-refractivity contribution is 0.672. The molecule has 11 rings (SSSR count). The maximum Gasteiger partial charge on any atom is 0.162 e. The lowest BCUT2D eigenvalue weighted by Crippen LogP contribution is -2.28. The van der Waals surface area contributed by atoms with Gasteiger partial charge in [-0.25, -0.2) is 0 Å². The van der Waals surface area contributed by atoms with Crippen LogP contribution in [0.4, 0.5) is 17.1 Å². The Kier molecular flexibility index (Phi) is 7.28. The molecule has 0 amide bonds. The summed E-state index contributed by atoms with van der Waals surface area (Å²) in [5.41, 5.74) is 15.1. The molecule has 258 valence electrons. The minimum atomic E-state index is -0.442. The third-order valence-electron chi connectivity index (χ3n) is 11.8. The van der Waals surface area contributed by atoms with Gasteiger partial charge in [0.2, 0.25) is 0 Å². The van der Waals surface area contributed by atoms with Crippen LogP contribution in [0.2, 0.25) is 6.32 Å². The minimum Gasteiger partial charge on any atom is -0.455 e. The minimum absolute atomic E-state index is 0.442. The molecule has 0 saturated heterocycles. The van der Waals surface area contributed by atoms with Crippen molar-refractivity contribution in [3.8, 4) is 11.1 Å². The van der Waals surface area contributed by atoms with E-state index in [1.807, 2.05) is 6.07 Å². The van der Waals surface area contributed by atoms with Gasteiger partial charge in [0.05, 0.1) is 5.41 Å². The SMILES string of the molecule is B1CC=CC=C1c1ccc(N(c2ccc(C3(c4ccccc4)c4ccccc4-c4ccccc43)cc2)c2ccc3c(ccc4c5ccccc5oc34)c2)cc1. The fourth-order valence-electron chi connectivity index (χ4n) is 9.33. The molecule has 0 N–H and O–H groups in total.